The normalized spacial score (nSPS) is 23.8. The summed E-state index contributed by atoms with van der Waals surface area (Å²) in [5, 5.41) is 5.54. The SMILES string of the molecule is CCC1CCC2(CC1)NC(=O)N(CC(=O)NCc1ccc(CS(=O)(=O)NC)cc1)C2=O. The second kappa shape index (κ2) is 9.35. The van der Waals surface area contributed by atoms with Crippen molar-refractivity contribution >= 4 is 27.9 Å². The molecule has 0 aromatic heterocycles. The van der Waals surface area contributed by atoms with Crippen LogP contribution in [0.3, 0.4) is 0 Å². The zero-order valence-electron chi connectivity index (χ0n) is 17.9. The molecule has 31 heavy (non-hydrogen) atoms. The van der Waals surface area contributed by atoms with Crippen LogP contribution in [0.4, 0.5) is 4.79 Å². The Balaban J connectivity index is 1.52. The largest absolute Gasteiger partial charge is 0.350 e. The van der Waals surface area contributed by atoms with E-state index in [9.17, 15) is 22.8 Å². The van der Waals surface area contributed by atoms with E-state index in [1.807, 2.05) is 0 Å². The lowest BCUT2D eigenvalue weighted by molar-refractivity contribution is -0.136. The maximum atomic E-state index is 12.9. The van der Waals surface area contributed by atoms with Gasteiger partial charge in [0.25, 0.3) is 5.91 Å². The van der Waals surface area contributed by atoms with Crippen molar-refractivity contribution in [3.63, 3.8) is 0 Å². The number of carbonyl (C=O) groups excluding carboxylic acids is 3. The van der Waals surface area contributed by atoms with Gasteiger partial charge in [0, 0.05) is 6.54 Å². The molecule has 1 aromatic carbocycles. The Morgan fingerprint density at radius 2 is 1.77 bits per heavy atom. The van der Waals surface area contributed by atoms with E-state index >= 15 is 0 Å². The summed E-state index contributed by atoms with van der Waals surface area (Å²) in [5.41, 5.74) is 0.560. The minimum Gasteiger partial charge on any atom is -0.350 e. The van der Waals surface area contributed by atoms with E-state index in [0.717, 1.165) is 29.7 Å². The Kier molecular flexibility index (Phi) is 7.00. The summed E-state index contributed by atoms with van der Waals surface area (Å²) >= 11 is 0. The lowest BCUT2D eigenvalue weighted by Crippen LogP contribution is -2.50. The number of sulfonamides is 1. The number of benzene rings is 1. The molecule has 2 aliphatic rings. The summed E-state index contributed by atoms with van der Waals surface area (Å²) in [7, 11) is -1.98. The highest BCUT2D eigenvalue weighted by Gasteiger charge is 2.52. The van der Waals surface area contributed by atoms with Gasteiger partial charge >= 0.3 is 6.03 Å². The smallest absolute Gasteiger partial charge is 0.325 e. The van der Waals surface area contributed by atoms with Gasteiger partial charge in [0.2, 0.25) is 15.9 Å². The number of hydrogen-bond donors (Lipinski definition) is 3. The number of amides is 4. The van der Waals surface area contributed by atoms with Crippen LogP contribution in [0.2, 0.25) is 0 Å². The molecule has 1 aromatic rings. The van der Waals surface area contributed by atoms with Gasteiger partial charge in [-0.25, -0.2) is 17.9 Å². The van der Waals surface area contributed by atoms with Crippen molar-refractivity contribution in [3.8, 4) is 0 Å². The van der Waals surface area contributed by atoms with Gasteiger partial charge < -0.3 is 10.6 Å². The number of hydrogen-bond acceptors (Lipinski definition) is 5. The summed E-state index contributed by atoms with van der Waals surface area (Å²) < 4.78 is 25.5. The Morgan fingerprint density at radius 3 is 2.35 bits per heavy atom. The van der Waals surface area contributed by atoms with Crippen LogP contribution in [-0.2, 0) is 31.9 Å². The number of nitrogens with zero attached hydrogens (tertiary/aromatic N) is 1. The fourth-order valence-corrected chi connectivity index (χ4v) is 4.96. The average molecular weight is 451 g/mol. The third kappa shape index (κ3) is 5.43. The second-order valence-corrected chi connectivity index (χ2v) is 10.2. The van der Waals surface area contributed by atoms with Gasteiger partial charge in [-0.15, -0.1) is 0 Å². The number of nitrogens with one attached hydrogen (secondary N) is 3. The Hall–Kier alpha value is -2.46. The lowest BCUT2D eigenvalue weighted by Gasteiger charge is -2.34. The molecule has 0 unspecified atom stereocenters. The second-order valence-electron chi connectivity index (χ2n) is 8.31. The zero-order chi connectivity index (χ0) is 22.6. The predicted molar refractivity (Wildman–Crippen MR) is 115 cm³/mol. The highest BCUT2D eigenvalue weighted by Crippen LogP contribution is 2.37. The molecule has 1 saturated carbocycles. The maximum Gasteiger partial charge on any atom is 0.325 e. The van der Waals surface area contributed by atoms with Crippen LogP contribution in [0.1, 0.15) is 50.2 Å². The van der Waals surface area contributed by atoms with E-state index in [0.29, 0.717) is 24.3 Å². The number of rotatable bonds is 8. The molecule has 4 amide bonds. The lowest BCUT2D eigenvalue weighted by atomic mass is 9.75. The highest BCUT2D eigenvalue weighted by molar-refractivity contribution is 7.88. The number of carbonyl (C=O) groups is 3. The van der Waals surface area contributed by atoms with Crippen molar-refractivity contribution in [2.75, 3.05) is 13.6 Å². The fraction of sp³-hybridized carbons (Fsp3) is 0.571. The first kappa shape index (κ1) is 23.2. The van der Waals surface area contributed by atoms with Crippen LogP contribution in [-0.4, -0.2) is 50.3 Å². The van der Waals surface area contributed by atoms with E-state index in [1.54, 1.807) is 24.3 Å². The van der Waals surface area contributed by atoms with Gasteiger partial charge in [-0.3, -0.25) is 14.5 Å². The molecule has 1 heterocycles. The maximum absolute atomic E-state index is 12.9. The fourth-order valence-electron chi connectivity index (χ4n) is 4.18. The van der Waals surface area contributed by atoms with Gasteiger partial charge in [0.1, 0.15) is 12.1 Å². The Labute approximate surface area is 183 Å². The third-order valence-electron chi connectivity index (χ3n) is 6.26. The van der Waals surface area contributed by atoms with Crippen LogP contribution in [0.25, 0.3) is 0 Å². The van der Waals surface area contributed by atoms with Gasteiger partial charge in [-0.1, -0.05) is 37.6 Å². The monoisotopic (exact) mass is 450 g/mol. The molecule has 3 rings (SSSR count). The molecule has 1 aliphatic heterocycles. The molecule has 1 saturated heterocycles. The molecule has 0 bridgehead atoms. The zero-order valence-corrected chi connectivity index (χ0v) is 18.8. The van der Waals surface area contributed by atoms with Crippen LogP contribution in [0.15, 0.2) is 24.3 Å². The van der Waals surface area contributed by atoms with E-state index in [2.05, 4.69) is 22.3 Å². The molecule has 2 fully saturated rings. The Morgan fingerprint density at radius 1 is 1.16 bits per heavy atom. The molecule has 10 heteroatoms. The quantitative estimate of drug-likeness (QED) is 0.514. The van der Waals surface area contributed by atoms with Gasteiger partial charge in [-0.05, 0) is 49.8 Å². The van der Waals surface area contributed by atoms with Crippen molar-refractivity contribution in [3.05, 3.63) is 35.4 Å². The molecule has 1 spiro atoms. The first-order valence-electron chi connectivity index (χ1n) is 10.6. The molecule has 0 atom stereocenters. The summed E-state index contributed by atoms with van der Waals surface area (Å²) in [6.45, 7) is 2.03. The molecule has 9 nitrogen and oxygen atoms in total. The van der Waals surface area contributed by atoms with Crippen molar-refractivity contribution in [1.82, 2.24) is 20.3 Å². The topological polar surface area (TPSA) is 125 Å². The first-order valence-corrected chi connectivity index (χ1v) is 12.2. The molecular weight excluding hydrogens is 420 g/mol. The van der Waals surface area contributed by atoms with E-state index in [-0.39, 0.29) is 24.7 Å². The minimum atomic E-state index is -3.35. The molecule has 1 aliphatic carbocycles. The standard InChI is InChI=1S/C21H30N4O5S/c1-3-15-8-10-21(11-9-15)19(27)25(20(28)24-21)13-18(26)23-12-16-4-6-17(7-5-16)14-31(29,30)22-2/h4-7,15,22H,3,8-14H2,1-2H3,(H,23,26)(H,24,28). The van der Waals surface area contributed by atoms with E-state index in [1.165, 1.54) is 7.05 Å². The van der Waals surface area contributed by atoms with Gasteiger partial charge in [-0.2, -0.15) is 0 Å². The minimum absolute atomic E-state index is 0.122. The van der Waals surface area contributed by atoms with Crippen molar-refractivity contribution in [1.29, 1.82) is 0 Å². The van der Waals surface area contributed by atoms with Gasteiger partial charge in [0.15, 0.2) is 0 Å². The van der Waals surface area contributed by atoms with Crippen LogP contribution >= 0.6 is 0 Å². The van der Waals surface area contributed by atoms with Gasteiger partial charge in [0.05, 0.1) is 5.75 Å². The van der Waals surface area contributed by atoms with Crippen molar-refractivity contribution in [2.45, 2.75) is 56.9 Å². The van der Waals surface area contributed by atoms with E-state index in [4.69, 9.17) is 0 Å². The predicted octanol–water partition coefficient (Wildman–Crippen LogP) is 1.24. The molecule has 170 valence electrons. The van der Waals surface area contributed by atoms with Crippen molar-refractivity contribution < 1.29 is 22.8 Å². The number of imide groups is 1. The Bertz CT molecular complexity index is 937. The van der Waals surface area contributed by atoms with Crippen LogP contribution < -0.4 is 15.4 Å². The molecular formula is C21H30N4O5S. The first-order chi connectivity index (χ1) is 14.7. The summed E-state index contributed by atoms with van der Waals surface area (Å²) in [6, 6.07) is 6.32. The molecule has 3 N–H and O–H groups in total. The van der Waals surface area contributed by atoms with Crippen molar-refractivity contribution in [2.24, 2.45) is 5.92 Å². The van der Waals surface area contributed by atoms with E-state index < -0.39 is 27.5 Å². The molecule has 0 radical (unpaired) electrons. The third-order valence-corrected chi connectivity index (χ3v) is 7.60. The summed E-state index contributed by atoms with van der Waals surface area (Å²) in [6.07, 6.45) is 4.09. The van der Waals surface area contributed by atoms with Crippen LogP contribution in [0.5, 0.6) is 0 Å². The average Bonchev–Trinajstić information content (AvgIpc) is 2.97. The summed E-state index contributed by atoms with van der Waals surface area (Å²) in [5.74, 6) is -0.275. The van der Waals surface area contributed by atoms with Crippen LogP contribution in [0, 0.1) is 5.92 Å². The number of urea groups is 1. The summed E-state index contributed by atoms with van der Waals surface area (Å²) in [4.78, 5) is 38.6. The highest BCUT2D eigenvalue weighted by atomic mass is 32.2.